The summed E-state index contributed by atoms with van der Waals surface area (Å²) in [6.45, 7) is 0. The number of hydrogen-bond acceptors (Lipinski definition) is 5. The van der Waals surface area contributed by atoms with Crippen molar-refractivity contribution in [1.82, 2.24) is 0 Å². The number of ether oxygens (including phenoxy) is 3. The minimum atomic E-state index is -0.0498. The molecule has 4 rings (SSSR count). The normalized spacial score (nSPS) is 17.7. The zero-order valence-corrected chi connectivity index (χ0v) is 16.6. The predicted octanol–water partition coefficient (Wildman–Crippen LogP) is 4.95. The lowest BCUT2D eigenvalue weighted by atomic mass is 9.96. The van der Waals surface area contributed by atoms with E-state index in [-0.39, 0.29) is 6.10 Å². The van der Waals surface area contributed by atoms with E-state index in [0.717, 1.165) is 35.4 Å². The van der Waals surface area contributed by atoms with Crippen LogP contribution in [-0.2, 0) is 6.42 Å². The molecule has 1 saturated carbocycles. The Kier molecular flexibility index (Phi) is 5.44. The van der Waals surface area contributed by atoms with E-state index in [2.05, 4.69) is 11.4 Å². The molecular weight excluding hydrogens is 364 g/mol. The number of hydrogen-bond donors (Lipinski definition) is 1. The van der Waals surface area contributed by atoms with Gasteiger partial charge in [-0.1, -0.05) is 24.3 Å². The van der Waals surface area contributed by atoms with E-state index in [1.165, 1.54) is 6.08 Å². The van der Waals surface area contributed by atoms with Crippen LogP contribution in [-0.4, -0.2) is 20.3 Å². The van der Waals surface area contributed by atoms with Gasteiger partial charge >= 0.3 is 0 Å². The fourth-order valence-electron chi connectivity index (χ4n) is 3.68. The number of methoxy groups -OCH3 is 2. The van der Waals surface area contributed by atoms with Gasteiger partial charge in [0.05, 0.1) is 26.0 Å². The standard InChI is InChI=1S/C24H24N2O3/c1-27-21-14-17(8-6-7-13-25)19-15-20(26-18-9-4-3-5-10-18)22(16-11-12-16)29-23(19)24(21)28-2/h3-7,9-10,14-16,22,26H,8,11-12H2,1-2H3. The van der Waals surface area contributed by atoms with E-state index in [1.54, 1.807) is 14.2 Å². The quantitative estimate of drug-likeness (QED) is 0.680. The summed E-state index contributed by atoms with van der Waals surface area (Å²) in [5.74, 6) is 2.44. The van der Waals surface area contributed by atoms with E-state index in [1.807, 2.05) is 48.5 Å². The molecule has 0 spiro atoms. The van der Waals surface area contributed by atoms with Gasteiger partial charge in [-0.25, -0.2) is 0 Å². The molecule has 148 valence electrons. The van der Waals surface area contributed by atoms with Gasteiger partial charge < -0.3 is 19.5 Å². The lowest BCUT2D eigenvalue weighted by Crippen LogP contribution is -2.29. The highest BCUT2D eigenvalue weighted by Gasteiger charge is 2.39. The second-order valence-electron chi connectivity index (χ2n) is 7.22. The van der Waals surface area contributed by atoms with Crippen LogP contribution >= 0.6 is 0 Å². The largest absolute Gasteiger partial charge is 0.493 e. The molecule has 0 aromatic heterocycles. The monoisotopic (exact) mass is 388 g/mol. The summed E-state index contributed by atoms with van der Waals surface area (Å²) >= 11 is 0. The molecule has 1 unspecified atom stereocenters. The summed E-state index contributed by atoms with van der Waals surface area (Å²) in [4.78, 5) is 0. The number of fused-ring (bicyclic) bond motifs is 1. The van der Waals surface area contributed by atoms with Crippen molar-refractivity contribution in [3.05, 3.63) is 65.4 Å². The molecule has 1 aliphatic carbocycles. The summed E-state index contributed by atoms with van der Waals surface area (Å²) in [6, 6.07) is 14.1. The first kappa shape index (κ1) is 18.9. The third kappa shape index (κ3) is 3.93. The smallest absolute Gasteiger partial charge is 0.203 e. The summed E-state index contributed by atoms with van der Waals surface area (Å²) < 4.78 is 17.7. The Morgan fingerprint density at radius 1 is 1.21 bits per heavy atom. The van der Waals surface area contributed by atoms with Crippen molar-refractivity contribution in [1.29, 1.82) is 5.26 Å². The molecule has 0 saturated heterocycles. The topological polar surface area (TPSA) is 63.5 Å². The predicted molar refractivity (Wildman–Crippen MR) is 113 cm³/mol. The Labute approximate surface area is 171 Å². The molecule has 0 radical (unpaired) electrons. The van der Waals surface area contributed by atoms with E-state index in [9.17, 15) is 0 Å². The Hall–Kier alpha value is -3.39. The molecule has 1 fully saturated rings. The molecule has 1 heterocycles. The molecule has 2 aromatic rings. The van der Waals surface area contributed by atoms with Crippen molar-refractivity contribution >= 4 is 11.8 Å². The first-order valence-electron chi connectivity index (χ1n) is 9.78. The van der Waals surface area contributed by atoms with Crippen LogP contribution in [0, 0.1) is 17.2 Å². The summed E-state index contributed by atoms with van der Waals surface area (Å²) in [6.07, 6.45) is 8.34. The second kappa shape index (κ2) is 8.32. The highest BCUT2D eigenvalue weighted by Crippen LogP contribution is 2.49. The number of nitrogens with zero attached hydrogens (tertiary/aromatic N) is 1. The Bertz CT molecular complexity index is 985. The minimum absolute atomic E-state index is 0.0498. The van der Waals surface area contributed by atoms with Gasteiger partial charge in [-0.2, -0.15) is 5.26 Å². The van der Waals surface area contributed by atoms with E-state index in [4.69, 9.17) is 19.5 Å². The van der Waals surface area contributed by atoms with Crippen molar-refractivity contribution in [2.45, 2.75) is 25.4 Å². The first-order valence-corrected chi connectivity index (χ1v) is 9.78. The number of anilines is 1. The van der Waals surface area contributed by atoms with Crippen molar-refractivity contribution in [2.24, 2.45) is 5.92 Å². The highest BCUT2D eigenvalue weighted by molar-refractivity contribution is 5.75. The van der Waals surface area contributed by atoms with Gasteiger partial charge in [0.25, 0.3) is 0 Å². The van der Waals surface area contributed by atoms with Gasteiger partial charge in [-0.3, -0.25) is 0 Å². The molecule has 2 aromatic carbocycles. The van der Waals surface area contributed by atoms with Crippen molar-refractivity contribution in [2.75, 3.05) is 19.5 Å². The maximum atomic E-state index is 8.85. The molecule has 1 N–H and O–H groups in total. The SMILES string of the molecule is COc1cc(CC=CC#N)c2c(c1OC)OC(C1CC1)C(Nc1ccccc1)=C2. The average Bonchev–Trinajstić information content (AvgIpc) is 3.59. The number of nitriles is 1. The second-order valence-corrected chi connectivity index (χ2v) is 7.22. The van der Waals surface area contributed by atoms with Gasteiger partial charge in [0, 0.05) is 23.2 Å². The molecule has 5 nitrogen and oxygen atoms in total. The Balaban J connectivity index is 1.81. The number of para-hydroxylation sites is 1. The maximum absolute atomic E-state index is 8.85. The fraction of sp³-hybridized carbons (Fsp3) is 0.292. The summed E-state index contributed by atoms with van der Waals surface area (Å²) in [5, 5.41) is 12.4. The maximum Gasteiger partial charge on any atom is 0.203 e. The Morgan fingerprint density at radius 3 is 2.66 bits per heavy atom. The zero-order chi connectivity index (χ0) is 20.2. The molecule has 1 atom stereocenters. The molecule has 0 amide bonds. The van der Waals surface area contributed by atoms with Crippen LogP contribution in [0.25, 0.3) is 6.08 Å². The van der Waals surface area contributed by atoms with Crippen molar-refractivity contribution in [3.63, 3.8) is 0 Å². The van der Waals surface area contributed by atoms with Crippen molar-refractivity contribution < 1.29 is 14.2 Å². The number of nitrogens with one attached hydrogen (secondary N) is 1. The number of allylic oxidation sites excluding steroid dienone is 2. The summed E-state index contributed by atoms with van der Waals surface area (Å²) in [7, 11) is 3.25. The molecule has 5 heteroatoms. The van der Waals surface area contributed by atoms with Crippen LogP contribution in [0.15, 0.2) is 54.2 Å². The molecule has 0 bridgehead atoms. The highest BCUT2D eigenvalue weighted by atomic mass is 16.5. The van der Waals surface area contributed by atoms with Gasteiger partial charge in [0.15, 0.2) is 11.5 Å². The van der Waals surface area contributed by atoms with Gasteiger partial charge in [-0.15, -0.1) is 0 Å². The zero-order valence-electron chi connectivity index (χ0n) is 16.6. The lowest BCUT2D eigenvalue weighted by molar-refractivity contribution is 0.199. The third-order valence-electron chi connectivity index (χ3n) is 5.24. The van der Waals surface area contributed by atoms with Gasteiger partial charge in [0.1, 0.15) is 6.10 Å². The molecule has 2 aliphatic rings. The first-order chi connectivity index (χ1) is 14.2. The summed E-state index contributed by atoms with van der Waals surface area (Å²) in [5.41, 5.74) is 4.05. The van der Waals surface area contributed by atoms with E-state index in [0.29, 0.717) is 29.6 Å². The van der Waals surface area contributed by atoms with Crippen LogP contribution < -0.4 is 19.5 Å². The minimum Gasteiger partial charge on any atom is -0.493 e. The number of rotatable bonds is 7. The van der Waals surface area contributed by atoms with Crippen LogP contribution in [0.1, 0.15) is 24.0 Å². The lowest BCUT2D eigenvalue weighted by Gasteiger charge is -2.31. The molecular formula is C24H24N2O3. The average molecular weight is 388 g/mol. The van der Waals surface area contributed by atoms with Crippen LogP contribution in [0.5, 0.6) is 17.2 Å². The van der Waals surface area contributed by atoms with Gasteiger partial charge in [-0.05, 0) is 49.1 Å². The fourth-order valence-corrected chi connectivity index (χ4v) is 3.68. The van der Waals surface area contributed by atoms with Crippen LogP contribution in [0.3, 0.4) is 0 Å². The molecule has 1 aliphatic heterocycles. The Morgan fingerprint density at radius 2 is 2.00 bits per heavy atom. The van der Waals surface area contributed by atoms with Crippen LogP contribution in [0.4, 0.5) is 5.69 Å². The van der Waals surface area contributed by atoms with Gasteiger partial charge in [0.2, 0.25) is 5.75 Å². The van der Waals surface area contributed by atoms with E-state index >= 15 is 0 Å². The number of benzene rings is 2. The van der Waals surface area contributed by atoms with E-state index < -0.39 is 0 Å². The van der Waals surface area contributed by atoms with Crippen molar-refractivity contribution in [3.8, 4) is 23.3 Å². The third-order valence-corrected chi connectivity index (χ3v) is 5.24. The van der Waals surface area contributed by atoms with Crippen LogP contribution in [0.2, 0.25) is 0 Å². The molecule has 29 heavy (non-hydrogen) atoms.